The van der Waals surface area contributed by atoms with Gasteiger partial charge in [0.05, 0.1) is 21.7 Å². The van der Waals surface area contributed by atoms with Crippen LogP contribution < -0.4 is 10.1 Å². The number of amides is 1. The zero-order chi connectivity index (χ0) is 24.7. The number of hydrogen-bond acceptors (Lipinski definition) is 4. The Labute approximate surface area is 201 Å². The highest BCUT2D eigenvalue weighted by Gasteiger charge is 2.30. The van der Waals surface area contributed by atoms with Crippen LogP contribution in [0.25, 0.3) is 6.08 Å². The maximum atomic E-state index is 12.9. The van der Waals surface area contributed by atoms with E-state index in [0.29, 0.717) is 21.3 Å². The number of alkyl halides is 3. The molecule has 0 unspecified atom stereocenters. The summed E-state index contributed by atoms with van der Waals surface area (Å²) in [4.78, 5) is 12.4. The molecule has 3 aromatic rings. The summed E-state index contributed by atoms with van der Waals surface area (Å²) in [5.74, 6) is -0.358. The van der Waals surface area contributed by atoms with E-state index in [4.69, 9.17) is 4.74 Å². The van der Waals surface area contributed by atoms with E-state index < -0.39 is 17.6 Å². The first-order valence-corrected chi connectivity index (χ1v) is 10.5. The molecule has 0 radical (unpaired) electrons. The van der Waals surface area contributed by atoms with Gasteiger partial charge in [-0.25, -0.2) is 0 Å². The van der Waals surface area contributed by atoms with Crippen molar-refractivity contribution in [1.29, 1.82) is 10.5 Å². The fraction of sp³-hybridized carbons (Fsp3) is 0.0800. The van der Waals surface area contributed by atoms with Crippen LogP contribution in [0.1, 0.15) is 22.3 Å². The Morgan fingerprint density at radius 1 is 1.06 bits per heavy atom. The third-order valence-corrected chi connectivity index (χ3v) is 5.22. The predicted octanol–water partition coefficient (Wildman–Crippen LogP) is 6.46. The molecule has 5 nitrogen and oxygen atoms in total. The summed E-state index contributed by atoms with van der Waals surface area (Å²) in [5.41, 5.74) is 0.434. The molecule has 34 heavy (non-hydrogen) atoms. The Morgan fingerprint density at radius 3 is 2.50 bits per heavy atom. The second-order valence-electron chi connectivity index (χ2n) is 6.95. The summed E-state index contributed by atoms with van der Waals surface area (Å²) in [6.45, 7) is 0.167. The molecule has 0 aromatic heterocycles. The van der Waals surface area contributed by atoms with Gasteiger partial charge in [0.15, 0.2) is 0 Å². The molecule has 0 saturated heterocycles. The Bertz CT molecular complexity index is 1340. The third kappa shape index (κ3) is 6.25. The Kier molecular flexibility index (Phi) is 7.72. The van der Waals surface area contributed by atoms with E-state index in [1.54, 1.807) is 48.5 Å². The summed E-state index contributed by atoms with van der Waals surface area (Å²) >= 11 is 3.38. The molecular formula is C25H15BrF3N3O2. The van der Waals surface area contributed by atoms with Crippen LogP contribution in [0.2, 0.25) is 0 Å². The van der Waals surface area contributed by atoms with Gasteiger partial charge in [0.1, 0.15) is 24.0 Å². The standard InChI is InChI=1S/C25H15BrF3N3O2/c26-22-11-16(8-9-23(22)34-15-18-5-2-1-4-17(18)13-30)10-19(14-31)24(33)32-21-7-3-6-20(12-21)25(27,28)29/h1-12H,15H2,(H,32,33)/b19-10-. The van der Waals surface area contributed by atoms with Gasteiger partial charge in [0.2, 0.25) is 0 Å². The second kappa shape index (κ2) is 10.7. The van der Waals surface area contributed by atoms with Gasteiger partial charge in [-0.1, -0.05) is 30.3 Å². The molecule has 170 valence electrons. The monoisotopic (exact) mass is 525 g/mol. The molecule has 0 aliphatic heterocycles. The van der Waals surface area contributed by atoms with Crippen molar-refractivity contribution in [3.63, 3.8) is 0 Å². The number of rotatable bonds is 6. The first kappa shape index (κ1) is 24.6. The Morgan fingerprint density at radius 2 is 1.82 bits per heavy atom. The van der Waals surface area contributed by atoms with Crippen LogP contribution in [-0.2, 0) is 17.6 Å². The molecule has 3 aromatic carbocycles. The predicted molar refractivity (Wildman–Crippen MR) is 123 cm³/mol. The molecule has 0 atom stereocenters. The largest absolute Gasteiger partial charge is 0.488 e. The van der Waals surface area contributed by atoms with E-state index in [0.717, 1.165) is 17.7 Å². The lowest BCUT2D eigenvalue weighted by Crippen LogP contribution is -2.14. The molecule has 0 aliphatic carbocycles. The lowest BCUT2D eigenvalue weighted by Gasteiger charge is -2.11. The van der Waals surface area contributed by atoms with Gasteiger partial charge in [-0.2, -0.15) is 23.7 Å². The fourth-order valence-electron chi connectivity index (χ4n) is 2.92. The van der Waals surface area contributed by atoms with E-state index >= 15 is 0 Å². The van der Waals surface area contributed by atoms with Gasteiger partial charge in [-0.15, -0.1) is 0 Å². The minimum absolute atomic E-state index is 0.0800. The van der Waals surface area contributed by atoms with Crippen molar-refractivity contribution in [3.8, 4) is 17.9 Å². The van der Waals surface area contributed by atoms with Gasteiger partial charge in [-0.05, 0) is 64.0 Å². The molecule has 0 aliphatic rings. The van der Waals surface area contributed by atoms with Crippen LogP contribution in [0.5, 0.6) is 5.75 Å². The number of nitrogens with zero attached hydrogens (tertiary/aromatic N) is 2. The average Bonchev–Trinajstić information content (AvgIpc) is 2.81. The Hall–Kier alpha value is -4.08. The molecule has 0 heterocycles. The smallest absolute Gasteiger partial charge is 0.416 e. The van der Waals surface area contributed by atoms with E-state index in [2.05, 4.69) is 27.3 Å². The Balaban J connectivity index is 1.74. The summed E-state index contributed by atoms with van der Waals surface area (Å²) in [6, 6.07) is 19.9. The molecule has 3 rings (SSSR count). The van der Waals surface area contributed by atoms with Crippen LogP contribution in [0.15, 0.2) is 76.8 Å². The van der Waals surface area contributed by atoms with Crippen LogP contribution in [0, 0.1) is 22.7 Å². The minimum Gasteiger partial charge on any atom is -0.488 e. The number of hydrogen-bond donors (Lipinski definition) is 1. The number of carbonyl (C=O) groups excluding carboxylic acids is 1. The number of halogens is 4. The fourth-order valence-corrected chi connectivity index (χ4v) is 3.43. The zero-order valence-electron chi connectivity index (χ0n) is 17.4. The van der Waals surface area contributed by atoms with Gasteiger partial charge in [0.25, 0.3) is 5.91 Å². The maximum Gasteiger partial charge on any atom is 0.416 e. The number of anilines is 1. The van der Waals surface area contributed by atoms with Crippen LogP contribution >= 0.6 is 15.9 Å². The first-order valence-electron chi connectivity index (χ1n) is 9.72. The SMILES string of the molecule is N#C/C(=C/c1ccc(OCc2ccccc2C#N)c(Br)c1)C(=O)Nc1cccc(C(F)(F)F)c1. The number of nitrogens with one attached hydrogen (secondary N) is 1. The van der Waals surface area contributed by atoms with E-state index in [1.807, 2.05) is 0 Å². The molecule has 0 saturated carbocycles. The van der Waals surface area contributed by atoms with Crippen LogP contribution in [0.4, 0.5) is 18.9 Å². The number of benzene rings is 3. The van der Waals surface area contributed by atoms with Crippen molar-refractivity contribution in [2.24, 2.45) is 0 Å². The summed E-state index contributed by atoms with van der Waals surface area (Å²) in [5, 5.41) is 20.9. The maximum absolute atomic E-state index is 12.9. The van der Waals surface area contributed by atoms with Gasteiger partial charge in [-0.3, -0.25) is 4.79 Å². The molecule has 0 spiro atoms. The highest BCUT2D eigenvalue weighted by Crippen LogP contribution is 2.31. The quantitative estimate of drug-likeness (QED) is 0.295. The second-order valence-corrected chi connectivity index (χ2v) is 7.80. The summed E-state index contributed by atoms with van der Waals surface area (Å²) in [7, 11) is 0. The molecule has 9 heteroatoms. The molecular weight excluding hydrogens is 511 g/mol. The highest BCUT2D eigenvalue weighted by atomic mass is 79.9. The third-order valence-electron chi connectivity index (χ3n) is 4.60. The number of nitriles is 2. The molecule has 1 N–H and O–H groups in total. The van der Waals surface area contributed by atoms with Crippen LogP contribution in [0.3, 0.4) is 0 Å². The van der Waals surface area contributed by atoms with Gasteiger partial charge < -0.3 is 10.1 Å². The summed E-state index contributed by atoms with van der Waals surface area (Å²) in [6.07, 6.45) is -3.25. The van der Waals surface area contributed by atoms with Crippen molar-refractivity contribution in [3.05, 3.63) is 99.0 Å². The van der Waals surface area contributed by atoms with Gasteiger partial charge >= 0.3 is 6.18 Å². The van der Waals surface area contributed by atoms with Crippen molar-refractivity contribution in [1.82, 2.24) is 0 Å². The van der Waals surface area contributed by atoms with Crippen molar-refractivity contribution >= 4 is 33.6 Å². The first-order chi connectivity index (χ1) is 16.2. The van der Waals surface area contributed by atoms with E-state index in [9.17, 15) is 28.5 Å². The van der Waals surface area contributed by atoms with Crippen molar-refractivity contribution in [2.45, 2.75) is 12.8 Å². The summed E-state index contributed by atoms with van der Waals surface area (Å²) < 4.78 is 44.9. The minimum atomic E-state index is -4.55. The van der Waals surface area contributed by atoms with Crippen LogP contribution in [-0.4, -0.2) is 5.91 Å². The molecule has 0 bridgehead atoms. The van der Waals surface area contributed by atoms with Crippen molar-refractivity contribution in [2.75, 3.05) is 5.32 Å². The lowest BCUT2D eigenvalue weighted by atomic mass is 10.1. The van der Waals surface area contributed by atoms with Crippen molar-refractivity contribution < 1.29 is 22.7 Å². The highest BCUT2D eigenvalue weighted by molar-refractivity contribution is 9.10. The zero-order valence-corrected chi connectivity index (χ0v) is 18.9. The number of carbonyl (C=O) groups is 1. The molecule has 0 fully saturated rings. The van der Waals surface area contributed by atoms with E-state index in [1.165, 1.54) is 18.2 Å². The average molecular weight is 526 g/mol. The topological polar surface area (TPSA) is 85.9 Å². The van der Waals surface area contributed by atoms with Gasteiger partial charge in [0, 0.05) is 11.3 Å². The normalized spacial score (nSPS) is 11.3. The number of ether oxygens (including phenoxy) is 1. The van der Waals surface area contributed by atoms with E-state index in [-0.39, 0.29) is 17.9 Å². The lowest BCUT2D eigenvalue weighted by molar-refractivity contribution is -0.137. The molecule has 1 amide bonds.